The van der Waals surface area contributed by atoms with Gasteiger partial charge in [0.2, 0.25) is 0 Å². The molecule has 1 aliphatic rings. The van der Waals surface area contributed by atoms with E-state index in [2.05, 4.69) is 11.1 Å². The molecule has 0 saturated carbocycles. The van der Waals surface area contributed by atoms with E-state index in [0.29, 0.717) is 5.56 Å². The van der Waals surface area contributed by atoms with Crippen molar-refractivity contribution in [2.45, 2.75) is 11.3 Å². The van der Waals surface area contributed by atoms with Crippen LogP contribution in [0.1, 0.15) is 16.8 Å². The number of carbonyl (C=O) groups is 1. The average molecular weight is 270 g/mol. The van der Waals surface area contributed by atoms with Crippen LogP contribution < -0.4 is 4.90 Å². The Hall–Kier alpha value is -1.81. The molecule has 0 atom stereocenters. The number of fused-ring (bicyclic) bond motifs is 1. The smallest absolute Gasteiger partial charge is 0.258 e. The van der Waals surface area contributed by atoms with Crippen LogP contribution in [0.15, 0.2) is 53.7 Å². The maximum Gasteiger partial charge on any atom is 0.258 e. The lowest BCUT2D eigenvalue weighted by Gasteiger charge is -2.22. The van der Waals surface area contributed by atoms with Gasteiger partial charge in [-0.3, -0.25) is 9.78 Å². The molecule has 3 rings (SSSR count). The molecule has 3 nitrogen and oxygen atoms in total. The zero-order valence-electron chi connectivity index (χ0n) is 10.5. The monoisotopic (exact) mass is 270 g/mol. The van der Waals surface area contributed by atoms with Crippen LogP contribution in [0.3, 0.4) is 0 Å². The van der Waals surface area contributed by atoms with Crippen LogP contribution >= 0.6 is 11.8 Å². The van der Waals surface area contributed by atoms with Gasteiger partial charge in [-0.05, 0) is 36.4 Å². The normalized spacial score (nSPS) is 14.6. The van der Waals surface area contributed by atoms with Crippen molar-refractivity contribution in [3.05, 3.63) is 54.4 Å². The summed E-state index contributed by atoms with van der Waals surface area (Å²) in [6.45, 7) is 0.769. The second-order valence-corrected chi connectivity index (χ2v) is 5.50. The van der Waals surface area contributed by atoms with E-state index in [1.165, 1.54) is 4.90 Å². The topological polar surface area (TPSA) is 33.2 Å². The van der Waals surface area contributed by atoms with Gasteiger partial charge < -0.3 is 4.90 Å². The minimum absolute atomic E-state index is 0.0531. The number of para-hydroxylation sites is 1. The third-order valence-electron chi connectivity index (χ3n) is 3.11. The van der Waals surface area contributed by atoms with E-state index in [0.717, 1.165) is 24.4 Å². The number of carbonyl (C=O) groups excluding carboxylic acids is 1. The number of aromatic nitrogens is 1. The van der Waals surface area contributed by atoms with Crippen LogP contribution in [-0.4, -0.2) is 23.2 Å². The number of amides is 1. The number of hydrogen-bond acceptors (Lipinski definition) is 3. The van der Waals surface area contributed by atoms with E-state index < -0.39 is 0 Å². The van der Waals surface area contributed by atoms with Crippen LogP contribution in [0.25, 0.3) is 0 Å². The molecule has 0 radical (unpaired) electrons. The molecule has 1 aromatic heterocycles. The highest BCUT2D eigenvalue weighted by Gasteiger charge is 2.22. The molecule has 1 aliphatic heterocycles. The molecule has 19 heavy (non-hydrogen) atoms. The molecule has 1 aromatic carbocycles. The third-order valence-corrected chi connectivity index (χ3v) is 4.26. The molecule has 0 bridgehead atoms. The van der Waals surface area contributed by atoms with E-state index in [9.17, 15) is 4.79 Å². The maximum atomic E-state index is 12.6. The van der Waals surface area contributed by atoms with Gasteiger partial charge in [-0.15, -0.1) is 11.8 Å². The van der Waals surface area contributed by atoms with Crippen LogP contribution in [0.5, 0.6) is 0 Å². The maximum absolute atomic E-state index is 12.6. The number of pyridine rings is 1. The van der Waals surface area contributed by atoms with Gasteiger partial charge in [0.15, 0.2) is 0 Å². The van der Waals surface area contributed by atoms with Crippen molar-refractivity contribution in [3.63, 3.8) is 0 Å². The number of benzene rings is 1. The summed E-state index contributed by atoms with van der Waals surface area (Å²) in [5, 5.41) is 0. The first-order valence-electron chi connectivity index (χ1n) is 6.30. The Morgan fingerprint density at radius 3 is 2.79 bits per heavy atom. The van der Waals surface area contributed by atoms with Gasteiger partial charge in [0, 0.05) is 29.4 Å². The van der Waals surface area contributed by atoms with Crippen molar-refractivity contribution in [3.8, 4) is 0 Å². The summed E-state index contributed by atoms with van der Waals surface area (Å²) in [6, 6.07) is 11.6. The summed E-state index contributed by atoms with van der Waals surface area (Å²) in [4.78, 5) is 19.6. The van der Waals surface area contributed by atoms with E-state index in [1.54, 1.807) is 24.5 Å². The molecule has 4 heteroatoms. The molecule has 0 fully saturated rings. The van der Waals surface area contributed by atoms with Crippen molar-refractivity contribution < 1.29 is 4.79 Å². The van der Waals surface area contributed by atoms with Gasteiger partial charge in [0.05, 0.1) is 5.69 Å². The van der Waals surface area contributed by atoms with E-state index in [1.807, 2.05) is 34.9 Å². The van der Waals surface area contributed by atoms with Crippen molar-refractivity contribution >= 4 is 23.4 Å². The van der Waals surface area contributed by atoms with Crippen LogP contribution in [0.4, 0.5) is 5.69 Å². The molecule has 0 saturated heterocycles. The van der Waals surface area contributed by atoms with Crippen LogP contribution in [-0.2, 0) is 0 Å². The number of thioether (sulfide) groups is 1. The van der Waals surface area contributed by atoms with Gasteiger partial charge in [-0.2, -0.15) is 0 Å². The minimum atomic E-state index is 0.0531. The van der Waals surface area contributed by atoms with Crippen molar-refractivity contribution in [2.75, 3.05) is 17.2 Å². The standard InChI is InChI=1S/C15H14N2OS/c18-15(12-6-8-16-9-7-12)17-10-3-11-19-14-5-2-1-4-13(14)17/h1-2,4-9H,3,10-11H2. The van der Waals surface area contributed by atoms with E-state index >= 15 is 0 Å². The fourth-order valence-electron chi connectivity index (χ4n) is 2.19. The highest BCUT2D eigenvalue weighted by Crippen LogP contribution is 2.34. The number of anilines is 1. The van der Waals surface area contributed by atoms with Crippen molar-refractivity contribution in [1.29, 1.82) is 0 Å². The SMILES string of the molecule is O=C(c1ccncc1)N1CCCSc2ccccc21. The lowest BCUT2D eigenvalue weighted by Crippen LogP contribution is -2.31. The molecule has 2 aromatic rings. The Balaban J connectivity index is 1.99. The van der Waals surface area contributed by atoms with E-state index in [-0.39, 0.29) is 5.91 Å². The Labute approximate surface area is 116 Å². The highest BCUT2D eigenvalue weighted by atomic mass is 32.2. The summed E-state index contributed by atoms with van der Waals surface area (Å²) in [5.41, 5.74) is 1.71. The van der Waals surface area contributed by atoms with Crippen LogP contribution in [0.2, 0.25) is 0 Å². The first-order chi connectivity index (χ1) is 9.36. The summed E-state index contributed by atoms with van der Waals surface area (Å²) >= 11 is 1.82. The Morgan fingerprint density at radius 1 is 1.16 bits per heavy atom. The Morgan fingerprint density at radius 2 is 1.95 bits per heavy atom. The summed E-state index contributed by atoms with van der Waals surface area (Å²) in [5.74, 6) is 1.11. The molecule has 1 amide bonds. The number of hydrogen-bond donors (Lipinski definition) is 0. The summed E-state index contributed by atoms with van der Waals surface area (Å²) in [7, 11) is 0. The van der Waals surface area contributed by atoms with Crippen molar-refractivity contribution in [1.82, 2.24) is 4.98 Å². The molecule has 0 unspecified atom stereocenters. The quantitative estimate of drug-likeness (QED) is 0.797. The molecule has 0 aliphatic carbocycles. The fraction of sp³-hybridized carbons (Fsp3) is 0.200. The first-order valence-corrected chi connectivity index (χ1v) is 7.28. The Bertz CT molecular complexity index is 586. The minimum Gasteiger partial charge on any atom is -0.307 e. The largest absolute Gasteiger partial charge is 0.307 e. The highest BCUT2D eigenvalue weighted by molar-refractivity contribution is 7.99. The average Bonchev–Trinajstić information content (AvgIpc) is 2.70. The second-order valence-electron chi connectivity index (χ2n) is 4.36. The Kier molecular flexibility index (Phi) is 3.51. The molecular formula is C15H14N2OS. The first kappa shape index (κ1) is 12.2. The molecule has 0 spiro atoms. The van der Waals surface area contributed by atoms with Gasteiger partial charge in [0.25, 0.3) is 5.91 Å². The van der Waals surface area contributed by atoms with Gasteiger partial charge >= 0.3 is 0 Å². The predicted molar refractivity (Wildman–Crippen MR) is 77.7 cm³/mol. The number of rotatable bonds is 1. The van der Waals surface area contributed by atoms with Gasteiger partial charge in [0.1, 0.15) is 0 Å². The van der Waals surface area contributed by atoms with Crippen molar-refractivity contribution in [2.24, 2.45) is 0 Å². The molecular weight excluding hydrogens is 256 g/mol. The van der Waals surface area contributed by atoms with Gasteiger partial charge in [-0.25, -0.2) is 0 Å². The summed E-state index contributed by atoms with van der Waals surface area (Å²) in [6.07, 6.45) is 4.33. The zero-order valence-corrected chi connectivity index (χ0v) is 11.3. The van der Waals surface area contributed by atoms with Gasteiger partial charge in [-0.1, -0.05) is 12.1 Å². The van der Waals surface area contributed by atoms with Crippen LogP contribution in [0, 0.1) is 0 Å². The lowest BCUT2D eigenvalue weighted by atomic mass is 10.2. The number of nitrogens with zero attached hydrogens (tertiary/aromatic N) is 2. The summed E-state index contributed by atoms with van der Waals surface area (Å²) < 4.78 is 0. The van der Waals surface area contributed by atoms with E-state index in [4.69, 9.17) is 0 Å². The lowest BCUT2D eigenvalue weighted by molar-refractivity contribution is 0.0986. The predicted octanol–water partition coefficient (Wildman–Crippen LogP) is 3.22. The zero-order chi connectivity index (χ0) is 13.1. The molecule has 0 N–H and O–H groups in total. The molecule has 96 valence electrons. The third kappa shape index (κ3) is 2.49. The second kappa shape index (κ2) is 5.45. The molecule has 2 heterocycles. The fourth-order valence-corrected chi connectivity index (χ4v) is 3.18.